The molecular weight excluding hydrogens is 256 g/mol. The van der Waals surface area contributed by atoms with E-state index in [0.29, 0.717) is 18.4 Å². The first-order chi connectivity index (χ1) is 9.41. The fourth-order valence-electron chi connectivity index (χ4n) is 2.71. The van der Waals surface area contributed by atoms with Crippen molar-refractivity contribution >= 4 is 17.1 Å². The summed E-state index contributed by atoms with van der Waals surface area (Å²) in [6.07, 6.45) is 1.32. The highest BCUT2D eigenvalue weighted by molar-refractivity contribution is 6.03. The molecular formula is C16H18O4. The molecule has 4 heteroatoms. The van der Waals surface area contributed by atoms with E-state index in [1.54, 1.807) is 12.1 Å². The topological polar surface area (TPSA) is 74.6 Å². The highest BCUT2D eigenvalue weighted by Crippen LogP contribution is 2.34. The number of carbonyl (C=O) groups is 2. The molecule has 1 aliphatic carbocycles. The lowest BCUT2D eigenvalue weighted by Crippen LogP contribution is -2.21. The lowest BCUT2D eigenvalue weighted by molar-refractivity contribution is -0.114. The summed E-state index contributed by atoms with van der Waals surface area (Å²) in [6, 6.07) is 4.73. The molecule has 4 nitrogen and oxygen atoms in total. The number of ketones is 2. The molecule has 0 radical (unpaired) electrons. The Hall–Kier alpha value is -1.94. The molecule has 1 aliphatic rings. The zero-order valence-electron chi connectivity index (χ0n) is 11.6. The number of phenols is 1. The zero-order chi connectivity index (χ0) is 14.9. The van der Waals surface area contributed by atoms with Crippen molar-refractivity contribution in [1.29, 1.82) is 0 Å². The van der Waals surface area contributed by atoms with Crippen LogP contribution in [0.1, 0.15) is 49.0 Å². The van der Waals surface area contributed by atoms with E-state index in [2.05, 4.69) is 0 Å². The first-order valence-electron chi connectivity index (χ1n) is 6.68. The van der Waals surface area contributed by atoms with E-state index in [1.165, 1.54) is 19.9 Å². The molecule has 2 N–H and O–H groups in total. The van der Waals surface area contributed by atoms with Crippen molar-refractivity contribution in [3.8, 4) is 5.75 Å². The number of Topliss-reactive ketones (excluding diaryl/α,β-unsaturated/α-hetero) is 2. The molecule has 1 aromatic rings. The number of benzene rings is 1. The molecule has 2 rings (SSSR count). The molecule has 0 heterocycles. The second kappa shape index (κ2) is 5.59. The van der Waals surface area contributed by atoms with Crippen molar-refractivity contribution in [2.24, 2.45) is 0 Å². The van der Waals surface area contributed by atoms with E-state index in [-0.39, 0.29) is 22.9 Å². The van der Waals surface area contributed by atoms with Crippen molar-refractivity contribution < 1.29 is 19.8 Å². The van der Waals surface area contributed by atoms with Crippen LogP contribution < -0.4 is 0 Å². The average Bonchev–Trinajstić information content (AvgIpc) is 2.38. The lowest BCUT2D eigenvalue weighted by atomic mass is 9.83. The van der Waals surface area contributed by atoms with Gasteiger partial charge in [-0.3, -0.25) is 9.59 Å². The summed E-state index contributed by atoms with van der Waals surface area (Å²) in [5, 5.41) is 19.7. The van der Waals surface area contributed by atoms with Gasteiger partial charge in [-0.05, 0) is 56.4 Å². The van der Waals surface area contributed by atoms with Gasteiger partial charge in [-0.25, -0.2) is 0 Å². The van der Waals surface area contributed by atoms with E-state index in [4.69, 9.17) is 0 Å². The maximum Gasteiger partial charge on any atom is 0.163 e. The zero-order valence-corrected chi connectivity index (χ0v) is 11.6. The van der Waals surface area contributed by atoms with Crippen LogP contribution in [0.5, 0.6) is 5.75 Å². The largest absolute Gasteiger partial charge is 0.507 e. The van der Waals surface area contributed by atoms with Crippen LogP contribution in [-0.2, 0) is 4.79 Å². The Balaban J connectivity index is 2.59. The van der Waals surface area contributed by atoms with E-state index in [0.717, 1.165) is 17.6 Å². The normalized spacial score (nSPS) is 19.1. The summed E-state index contributed by atoms with van der Waals surface area (Å²) in [7, 11) is 0. The molecule has 0 aliphatic heterocycles. The predicted octanol–water partition coefficient (Wildman–Crippen LogP) is 2.48. The molecule has 1 atom stereocenters. The number of aliphatic hydroxyl groups is 1. The van der Waals surface area contributed by atoms with Gasteiger partial charge >= 0.3 is 0 Å². The van der Waals surface area contributed by atoms with Crippen LogP contribution in [0.15, 0.2) is 23.8 Å². The Morgan fingerprint density at radius 3 is 2.50 bits per heavy atom. The highest BCUT2D eigenvalue weighted by atomic mass is 16.3. The van der Waals surface area contributed by atoms with Crippen LogP contribution in [0.25, 0.3) is 5.57 Å². The van der Waals surface area contributed by atoms with Gasteiger partial charge in [-0.1, -0.05) is 6.07 Å². The molecule has 1 unspecified atom stereocenters. The van der Waals surface area contributed by atoms with Gasteiger partial charge < -0.3 is 10.2 Å². The Morgan fingerprint density at radius 2 is 1.90 bits per heavy atom. The second-order valence-corrected chi connectivity index (χ2v) is 5.14. The predicted molar refractivity (Wildman–Crippen MR) is 75.6 cm³/mol. The molecule has 106 valence electrons. The van der Waals surface area contributed by atoms with Crippen LogP contribution in [0, 0.1) is 0 Å². The first-order valence-corrected chi connectivity index (χ1v) is 6.68. The van der Waals surface area contributed by atoms with E-state index >= 15 is 0 Å². The van der Waals surface area contributed by atoms with Gasteiger partial charge in [0.05, 0.1) is 11.7 Å². The quantitative estimate of drug-likeness (QED) is 0.830. The summed E-state index contributed by atoms with van der Waals surface area (Å²) in [6.45, 7) is 2.82. The second-order valence-electron chi connectivity index (χ2n) is 5.14. The van der Waals surface area contributed by atoms with Crippen LogP contribution in [0.3, 0.4) is 0 Å². The SMILES string of the molecule is CC(=O)C1=C(c2ccc(O)c(C(C)=O)c2)CCCC1O. The van der Waals surface area contributed by atoms with Gasteiger partial charge in [-0.15, -0.1) is 0 Å². The Morgan fingerprint density at radius 1 is 1.20 bits per heavy atom. The molecule has 0 saturated heterocycles. The minimum atomic E-state index is -0.745. The van der Waals surface area contributed by atoms with E-state index < -0.39 is 6.10 Å². The maximum atomic E-state index is 11.7. The van der Waals surface area contributed by atoms with Crippen LogP contribution in [-0.4, -0.2) is 27.9 Å². The van der Waals surface area contributed by atoms with E-state index in [9.17, 15) is 19.8 Å². The number of carbonyl (C=O) groups excluding carboxylic acids is 2. The molecule has 0 aromatic heterocycles. The molecule has 0 saturated carbocycles. The van der Waals surface area contributed by atoms with Gasteiger partial charge in [-0.2, -0.15) is 0 Å². The maximum absolute atomic E-state index is 11.7. The highest BCUT2D eigenvalue weighted by Gasteiger charge is 2.25. The summed E-state index contributed by atoms with van der Waals surface area (Å²) in [5.74, 6) is -0.446. The van der Waals surface area contributed by atoms with Crippen LogP contribution in [0.2, 0.25) is 0 Å². The molecule has 1 aromatic carbocycles. The molecule has 20 heavy (non-hydrogen) atoms. The fourth-order valence-corrected chi connectivity index (χ4v) is 2.71. The minimum absolute atomic E-state index is 0.0671. The van der Waals surface area contributed by atoms with Crippen molar-refractivity contribution in [3.05, 3.63) is 34.9 Å². The Labute approximate surface area is 117 Å². The fraction of sp³-hybridized carbons (Fsp3) is 0.375. The number of allylic oxidation sites excluding steroid dienone is 1. The number of hydrogen-bond donors (Lipinski definition) is 2. The molecule has 0 bridgehead atoms. The van der Waals surface area contributed by atoms with Crippen LogP contribution in [0.4, 0.5) is 0 Å². The van der Waals surface area contributed by atoms with Crippen molar-refractivity contribution in [1.82, 2.24) is 0 Å². The van der Waals surface area contributed by atoms with E-state index in [1.807, 2.05) is 0 Å². The third-order valence-corrected chi connectivity index (χ3v) is 3.67. The number of rotatable bonds is 3. The van der Waals surface area contributed by atoms with Gasteiger partial charge in [0.15, 0.2) is 11.6 Å². The smallest absolute Gasteiger partial charge is 0.163 e. The summed E-state index contributed by atoms with van der Waals surface area (Å²) < 4.78 is 0. The number of aromatic hydroxyl groups is 1. The van der Waals surface area contributed by atoms with Crippen molar-refractivity contribution in [2.45, 2.75) is 39.2 Å². The van der Waals surface area contributed by atoms with Gasteiger partial charge in [0.2, 0.25) is 0 Å². The number of aliphatic hydroxyl groups excluding tert-OH is 1. The summed E-state index contributed by atoms with van der Waals surface area (Å²) >= 11 is 0. The standard InChI is InChI=1S/C16H18O4/c1-9(17)13-8-11(6-7-14(13)19)12-4-3-5-15(20)16(12)10(2)18/h6-8,15,19-20H,3-5H2,1-2H3. The lowest BCUT2D eigenvalue weighted by Gasteiger charge is -2.24. The first kappa shape index (κ1) is 14.5. The van der Waals surface area contributed by atoms with Gasteiger partial charge in [0.1, 0.15) is 5.75 Å². The molecule has 0 fully saturated rings. The minimum Gasteiger partial charge on any atom is -0.507 e. The van der Waals surface area contributed by atoms with Crippen LogP contribution >= 0.6 is 0 Å². The van der Waals surface area contributed by atoms with Gasteiger partial charge in [0, 0.05) is 5.57 Å². The van der Waals surface area contributed by atoms with Crippen molar-refractivity contribution in [2.75, 3.05) is 0 Å². The summed E-state index contributed by atoms with van der Waals surface area (Å²) in [5.41, 5.74) is 2.16. The third-order valence-electron chi connectivity index (χ3n) is 3.67. The molecule has 0 amide bonds. The number of phenolic OH excluding ortho intramolecular Hbond substituents is 1. The van der Waals surface area contributed by atoms with Crippen molar-refractivity contribution in [3.63, 3.8) is 0 Å². The third kappa shape index (κ3) is 2.65. The summed E-state index contributed by atoms with van der Waals surface area (Å²) in [4.78, 5) is 23.2. The average molecular weight is 274 g/mol. The number of hydrogen-bond acceptors (Lipinski definition) is 4. The molecule has 0 spiro atoms. The Kier molecular flexibility index (Phi) is 4.04. The monoisotopic (exact) mass is 274 g/mol. The Bertz CT molecular complexity index is 598. The van der Waals surface area contributed by atoms with Gasteiger partial charge in [0.25, 0.3) is 0 Å².